The summed E-state index contributed by atoms with van der Waals surface area (Å²) in [6, 6.07) is 7.27. The molecule has 0 bridgehead atoms. The number of aromatic nitrogens is 2. The smallest absolute Gasteiger partial charge is 0.259 e. The number of carbonyl (C=O) groups is 1. The molecule has 31 heavy (non-hydrogen) atoms. The zero-order valence-electron chi connectivity index (χ0n) is 17.0. The number of thiophene rings is 1. The molecule has 164 valence electrons. The number of hydrogen-bond acceptors (Lipinski definition) is 6. The molecular weight excluding hydrogens is 454 g/mol. The zero-order valence-corrected chi connectivity index (χ0v) is 19.4. The number of aryl methyl sites for hydroxylation is 2. The molecular formula is C22H24ClN3O3S2. The number of unbranched alkanes of at least 4 members (excludes halogenated alkanes) is 1. The van der Waals surface area contributed by atoms with Gasteiger partial charge < -0.3 is 15.0 Å². The van der Waals surface area contributed by atoms with Gasteiger partial charge in [0, 0.05) is 16.4 Å². The Bertz CT molecular complexity index is 1110. The SMILES string of the molecule is O=C(CSCc1nc2sc3c(c2c(=O)[nH]1)CCC3)NCCCCOc1ccc(Cl)cc1. The standard InChI is InChI=1S/C22H24ClN3O3S2/c23-14-6-8-15(9-7-14)29-11-2-1-10-24-19(27)13-30-12-18-25-21(28)20-16-4-3-5-17(16)31-22(20)26-18/h6-9H,1-5,10-13H2,(H,24,27)(H,25,26,28). The molecule has 0 fully saturated rings. The lowest BCUT2D eigenvalue weighted by atomic mass is 10.2. The average Bonchev–Trinajstić information content (AvgIpc) is 3.33. The molecule has 1 aliphatic carbocycles. The van der Waals surface area contributed by atoms with Gasteiger partial charge in [-0.2, -0.15) is 0 Å². The van der Waals surface area contributed by atoms with E-state index in [4.69, 9.17) is 16.3 Å². The normalized spacial score (nSPS) is 12.8. The van der Waals surface area contributed by atoms with Crippen molar-refractivity contribution in [3.63, 3.8) is 0 Å². The molecule has 0 unspecified atom stereocenters. The molecule has 1 aliphatic rings. The van der Waals surface area contributed by atoms with Crippen LogP contribution in [0.4, 0.5) is 0 Å². The summed E-state index contributed by atoms with van der Waals surface area (Å²) in [7, 11) is 0. The van der Waals surface area contributed by atoms with Gasteiger partial charge in [-0.1, -0.05) is 11.6 Å². The molecule has 9 heteroatoms. The minimum absolute atomic E-state index is 0.0119. The number of H-pyrrole nitrogens is 1. The topological polar surface area (TPSA) is 84.1 Å². The third kappa shape index (κ3) is 5.81. The van der Waals surface area contributed by atoms with Crippen LogP contribution in [-0.4, -0.2) is 34.8 Å². The molecule has 1 aromatic carbocycles. The Morgan fingerprint density at radius 2 is 2.10 bits per heavy atom. The van der Waals surface area contributed by atoms with Crippen molar-refractivity contribution in [3.8, 4) is 5.75 Å². The molecule has 0 radical (unpaired) electrons. The highest BCUT2D eigenvalue weighted by molar-refractivity contribution is 7.99. The predicted octanol–water partition coefficient (Wildman–Crippen LogP) is 4.34. The van der Waals surface area contributed by atoms with Gasteiger partial charge in [0.1, 0.15) is 16.4 Å². The van der Waals surface area contributed by atoms with Gasteiger partial charge in [0.25, 0.3) is 5.56 Å². The Morgan fingerprint density at radius 1 is 1.26 bits per heavy atom. The first kappa shape index (κ1) is 22.2. The monoisotopic (exact) mass is 477 g/mol. The summed E-state index contributed by atoms with van der Waals surface area (Å²) in [4.78, 5) is 34.1. The lowest BCUT2D eigenvalue weighted by Crippen LogP contribution is -2.26. The van der Waals surface area contributed by atoms with Crippen LogP contribution < -0.4 is 15.6 Å². The van der Waals surface area contributed by atoms with Crippen molar-refractivity contribution in [2.45, 2.75) is 37.9 Å². The summed E-state index contributed by atoms with van der Waals surface area (Å²) in [5.74, 6) is 2.26. The fourth-order valence-electron chi connectivity index (χ4n) is 3.58. The maximum absolute atomic E-state index is 12.5. The van der Waals surface area contributed by atoms with Gasteiger partial charge in [-0.25, -0.2) is 4.98 Å². The highest BCUT2D eigenvalue weighted by Crippen LogP contribution is 2.34. The maximum Gasteiger partial charge on any atom is 0.259 e. The number of hydrogen-bond donors (Lipinski definition) is 2. The van der Waals surface area contributed by atoms with Crippen LogP contribution in [0, 0.1) is 0 Å². The van der Waals surface area contributed by atoms with E-state index in [9.17, 15) is 9.59 Å². The minimum atomic E-state index is -0.0507. The molecule has 0 atom stereocenters. The Balaban J connectivity index is 1.13. The molecule has 2 aromatic heterocycles. The van der Waals surface area contributed by atoms with E-state index in [2.05, 4.69) is 15.3 Å². The van der Waals surface area contributed by atoms with Gasteiger partial charge >= 0.3 is 0 Å². The highest BCUT2D eigenvalue weighted by atomic mass is 35.5. The summed E-state index contributed by atoms with van der Waals surface area (Å²) in [5.41, 5.74) is 1.14. The number of nitrogens with zero attached hydrogens (tertiary/aromatic N) is 1. The van der Waals surface area contributed by atoms with E-state index in [0.717, 1.165) is 48.1 Å². The molecule has 1 amide bonds. The van der Waals surface area contributed by atoms with Crippen LogP contribution in [0.1, 0.15) is 35.5 Å². The lowest BCUT2D eigenvalue weighted by molar-refractivity contribution is -0.118. The Morgan fingerprint density at radius 3 is 2.94 bits per heavy atom. The number of ether oxygens (including phenoxy) is 1. The number of aromatic amines is 1. The van der Waals surface area contributed by atoms with E-state index < -0.39 is 0 Å². The summed E-state index contributed by atoms with van der Waals surface area (Å²) in [5, 5.41) is 4.37. The van der Waals surface area contributed by atoms with Crippen molar-refractivity contribution in [2.24, 2.45) is 0 Å². The molecule has 0 aliphatic heterocycles. The fourth-order valence-corrected chi connectivity index (χ4v) is 5.71. The Hall–Kier alpha value is -2.03. The van der Waals surface area contributed by atoms with Crippen molar-refractivity contribution in [3.05, 3.63) is 55.9 Å². The average molecular weight is 478 g/mol. The lowest BCUT2D eigenvalue weighted by Gasteiger charge is -2.07. The van der Waals surface area contributed by atoms with Crippen molar-refractivity contribution in [1.29, 1.82) is 0 Å². The van der Waals surface area contributed by atoms with E-state index in [0.29, 0.717) is 35.5 Å². The van der Waals surface area contributed by atoms with Crippen molar-refractivity contribution >= 4 is 50.8 Å². The second kappa shape index (κ2) is 10.5. The summed E-state index contributed by atoms with van der Waals surface area (Å²) in [6.07, 6.45) is 4.85. The van der Waals surface area contributed by atoms with Crippen molar-refractivity contribution < 1.29 is 9.53 Å². The molecule has 2 N–H and O–H groups in total. The maximum atomic E-state index is 12.5. The number of nitrogens with one attached hydrogen (secondary N) is 2. The Kier molecular flexibility index (Phi) is 7.53. The van der Waals surface area contributed by atoms with E-state index in [-0.39, 0.29) is 11.5 Å². The molecule has 0 spiro atoms. The third-order valence-corrected chi connectivity index (χ3v) is 7.45. The first-order valence-corrected chi connectivity index (χ1v) is 12.7. The summed E-state index contributed by atoms with van der Waals surface area (Å²) in [6.45, 7) is 1.21. The number of benzene rings is 1. The first-order chi connectivity index (χ1) is 15.1. The van der Waals surface area contributed by atoms with Gasteiger partial charge in [0.15, 0.2) is 0 Å². The highest BCUT2D eigenvalue weighted by Gasteiger charge is 2.21. The van der Waals surface area contributed by atoms with Crippen LogP contribution in [0.3, 0.4) is 0 Å². The summed E-state index contributed by atoms with van der Waals surface area (Å²) >= 11 is 8.93. The van der Waals surface area contributed by atoms with Gasteiger partial charge in [0.05, 0.1) is 23.5 Å². The first-order valence-electron chi connectivity index (χ1n) is 10.4. The van der Waals surface area contributed by atoms with Crippen LogP contribution in [0.2, 0.25) is 5.02 Å². The number of carbonyl (C=O) groups excluding carboxylic acids is 1. The van der Waals surface area contributed by atoms with Crippen LogP contribution in [0.25, 0.3) is 10.2 Å². The van der Waals surface area contributed by atoms with Crippen LogP contribution in [0.5, 0.6) is 5.75 Å². The van der Waals surface area contributed by atoms with Crippen molar-refractivity contribution in [2.75, 3.05) is 18.9 Å². The third-order valence-electron chi connectivity index (χ3n) is 5.07. The Labute approximate surface area is 193 Å². The summed E-state index contributed by atoms with van der Waals surface area (Å²) < 4.78 is 5.63. The number of thioether (sulfide) groups is 1. The second-order valence-electron chi connectivity index (χ2n) is 7.40. The van der Waals surface area contributed by atoms with Gasteiger partial charge in [-0.15, -0.1) is 23.1 Å². The molecule has 4 rings (SSSR count). The second-order valence-corrected chi connectivity index (χ2v) is 9.91. The number of rotatable bonds is 10. The largest absolute Gasteiger partial charge is 0.494 e. The van der Waals surface area contributed by atoms with E-state index in [1.165, 1.54) is 22.2 Å². The number of amides is 1. The van der Waals surface area contributed by atoms with E-state index in [1.54, 1.807) is 23.5 Å². The minimum Gasteiger partial charge on any atom is -0.494 e. The van der Waals surface area contributed by atoms with Gasteiger partial charge in [0.2, 0.25) is 5.91 Å². The number of fused-ring (bicyclic) bond motifs is 3. The van der Waals surface area contributed by atoms with Gasteiger partial charge in [-0.3, -0.25) is 9.59 Å². The van der Waals surface area contributed by atoms with Crippen LogP contribution in [-0.2, 0) is 23.4 Å². The number of halogens is 1. The van der Waals surface area contributed by atoms with E-state index in [1.807, 2.05) is 12.1 Å². The van der Waals surface area contributed by atoms with Crippen LogP contribution in [0.15, 0.2) is 29.1 Å². The molecule has 0 saturated carbocycles. The van der Waals surface area contributed by atoms with Crippen LogP contribution >= 0.6 is 34.7 Å². The van der Waals surface area contributed by atoms with E-state index >= 15 is 0 Å². The predicted molar refractivity (Wildman–Crippen MR) is 128 cm³/mol. The zero-order chi connectivity index (χ0) is 21.6. The quantitative estimate of drug-likeness (QED) is 0.424. The molecule has 6 nitrogen and oxygen atoms in total. The van der Waals surface area contributed by atoms with Crippen molar-refractivity contribution in [1.82, 2.24) is 15.3 Å². The molecule has 2 heterocycles. The molecule has 0 saturated heterocycles. The van der Waals surface area contributed by atoms with Gasteiger partial charge in [-0.05, 0) is 61.9 Å². The fraction of sp³-hybridized carbons (Fsp3) is 0.409. The molecule has 3 aromatic rings.